The zero-order chi connectivity index (χ0) is 7.78. The van der Waals surface area contributed by atoms with E-state index < -0.39 is 9.84 Å². The zero-order valence-electron chi connectivity index (χ0n) is 5.92. The van der Waals surface area contributed by atoms with Gasteiger partial charge in [0.25, 0.3) is 0 Å². The predicted molar refractivity (Wildman–Crippen MR) is 41.6 cm³/mol. The van der Waals surface area contributed by atoms with Gasteiger partial charge in [0, 0.05) is 0 Å². The van der Waals surface area contributed by atoms with Crippen molar-refractivity contribution in [2.75, 3.05) is 11.5 Å². The van der Waals surface area contributed by atoms with E-state index in [1.807, 2.05) is 6.92 Å². The largest absolute Gasteiger partial charge is 0.228 e. The van der Waals surface area contributed by atoms with Gasteiger partial charge in [-0.3, -0.25) is 0 Å². The van der Waals surface area contributed by atoms with Crippen LogP contribution in [0.3, 0.4) is 0 Å². The fourth-order valence-electron chi connectivity index (χ4n) is 1.07. The van der Waals surface area contributed by atoms with Crippen molar-refractivity contribution in [2.45, 2.75) is 6.92 Å². The molecule has 0 aromatic heterocycles. The summed E-state index contributed by atoms with van der Waals surface area (Å²) in [6.45, 7) is 5.37. The minimum atomic E-state index is -2.80. The first kappa shape index (κ1) is 7.54. The lowest BCUT2D eigenvalue weighted by Crippen LogP contribution is -2.02. The lowest BCUT2D eigenvalue weighted by Gasteiger charge is -1.88. The third-order valence-corrected chi connectivity index (χ3v) is 3.23. The van der Waals surface area contributed by atoms with Crippen molar-refractivity contribution in [1.29, 1.82) is 0 Å². The first-order chi connectivity index (χ1) is 4.55. The fraction of sp³-hybridized carbons (Fsp3) is 0.429. The molecule has 10 heavy (non-hydrogen) atoms. The third-order valence-electron chi connectivity index (χ3n) is 1.61. The van der Waals surface area contributed by atoms with Gasteiger partial charge in [0.2, 0.25) is 0 Å². The minimum Gasteiger partial charge on any atom is -0.228 e. The number of allylic oxidation sites excluding steroid dienone is 1. The summed E-state index contributed by atoms with van der Waals surface area (Å²) < 4.78 is 21.8. The molecule has 3 heteroatoms. The number of rotatable bonds is 1. The van der Waals surface area contributed by atoms with Gasteiger partial charge in [-0.2, -0.15) is 0 Å². The molecule has 0 unspecified atom stereocenters. The van der Waals surface area contributed by atoms with Gasteiger partial charge in [-0.25, -0.2) is 8.42 Å². The maximum atomic E-state index is 10.9. The van der Waals surface area contributed by atoms with Crippen LogP contribution in [0.15, 0.2) is 23.8 Å². The maximum Gasteiger partial charge on any atom is 0.158 e. The van der Waals surface area contributed by atoms with E-state index >= 15 is 0 Å². The van der Waals surface area contributed by atoms with Crippen molar-refractivity contribution >= 4 is 9.84 Å². The van der Waals surface area contributed by atoms with Crippen LogP contribution in [0.4, 0.5) is 0 Å². The zero-order valence-corrected chi connectivity index (χ0v) is 6.74. The van der Waals surface area contributed by atoms with E-state index in [-0.39, 0.29) is 11.5 Å². The van der Waals surface area contributed by atoms with Crippen LogP contribution in [0, 0.1) is 0 Å². The van der Waals surface area contributed by atoms with E-state index in [4.69, 9.17) is 0 Å². The van der Waals surface area contributed by atoms with Crippen molar-refractivity contribution in [3.05, 3.63) is 23.8 Å². The lowest BCUT2D eigenvalue weighted by molar-refractivity contribution is 0.603. The van der Waals surface area contributed by atoms with Crippen LogP contribution in [-0.2, 0) is 9.84 Å². The topological polar surface area (TPSA) is 34.1 Å². The normalized spacial score (nSPS) is 23.3. The second-order valence-corrected chi connectivity index (χ2v) is 4.61. The molecule has 1 aliphatic heterocycles. The van der Waals surface area contributed by atoms with E-state index in [9.17, 15) is 8.42 Å². The Morgan fingerprint density at radius 3 is 2.30 bits per heavy atom. The van der Waals surface area contributed by atoms with E-state index in [2.05, 4.69) is 6.58 Å². The van der Waals surface area contributed by atoms with Crippen LogP contribution in [-0.4, -0.2) is 19.9 Å². The summed E-state index contributed by atoms with van der Waals surface area (Å²) in [7, 11) is -2.80. The Balaban J connectivity index is 2.99. The van der Waals surface area contributed by atoms with Crippen LogP contribution in [0.1, 0.15) is 6.92 Å². The summed E-state index contributed by atoms with van der Waals surface area (Å²) in [4.78, 5) is 0. The van der Waals surface area contributed by atoms with Crippen molar-refractivity contribution < 1.29 is 8.42 Å². The molecule has 1 aliphatic rings. The first-order valence-corrected chi connectivity index (χ1v) is 4.89. The number of hydrogen-bond acceptors (Lipinski definition) is 2. The standard InChI is InChI=1S/C7H10O2S/c1-3-7-5-10(8,9)4-6(7)2/h3H,1,4-5H2,2H3. The second kappa shape index (κ2) is 2.23. The van der Waals surface area contributed by atoms with Gasteiger partial charge in [0.05, 0.1) is 11.5 Å². The molecular formula is C7H10O2S. The van der Waals surface area contributed by atoms with Gasteiger partial charge < -0.3 is 0 Å². The van der Waals surface area contributed by atoms with Gasteiger partial charge in [0.15, 0.2) is 9.84 Å². The fourth-order valence-corrected chi connectivity index (χ4v) is 2.85. The molecule has 56 valence electrons. The average Bonchev–Trinajstić information content (AvgIpc) is 2.05. The summed E-state index contributed by atoms with van der Waals surface area (Å²) in [5, 5.41) is 0. The molecule has 0 atom stereocenters. The summed E-state index contributed by atoms with van der Waals surface area (Å²) in [5.74, 6) is 0.399. The monoisotopic (exact) mass is 158 g/mol. The van der Waals surface area contributed by atoms with Crippen LogP contribution in [0.25, 0.3) is 0 Å². The van der Waals surface area contributed by atoms with Gasteiger partial charge in [-0.05, 0) is 12.5 Å². The van der Waals surface area contributed by atoms with Crippen LogP contribution in [0.2, 0.25) is 0 Å². The second-order valence-electron chi connectivity index (χ2n) is 2.54. The Hall–Kier alpha value is -0.570. The third kappa shape index (κ3) is 1.29. The molecule has 0 saturated heterocycles. The van der Waals surface area contributed by atoms with Gasteiger partial charge >= 0.3 is 0 Å². The highest BCUT2D eigenvalue weighted by Gasteiger charge is 2.22. The molecule has 0 aromatic carbocycles. The summed E-state index contributed by atoms with van der Waals surface area (Å²) in [5.41, 5.74) is 1.81. The van der Waals surface area contributed by atoms with Crippen molar-refractivity contribution in [3.63, 3.8) is 0 Å². The molecule has 0 amide bonds. The average molecular weight is 158 g/mol. The highest BCUT2D eigenvalue weighted by Crippen LogP contribution is 2.19. The van der Waals surface area contributed by atoms with Crippen molar-refractivity contribution in [1.82, 2.24) is 0 Å². The molecule has 0 aliphatic carbocycles. The van der Waals surface area contributed by atoms with Crippen molar-refractivity contribution in [3.8, 4) is 0 Å². The van der Waals surface area contributed by atoms with E-state index in [1.165, 1.54) is 0 Å². The SMILES string of the molecule is C=CC1=C(C)CS(=O)(=O)C1. The molecule has 1 rings (SSSR count). The molecule has 0 bridgehead atoms. The summed E-state index contributed by atoms with van der Waals surface area (Å²) in [6.07, 6.45) is 1.62. The van der Waals surface area contributed by atoms with Crippen LogP contribution in [0.5, 0.6) is 0 Å². The molecule has 1 heterocycles. The Labute approximate surface area is 61.2 Å². The lowest BCUT2D eigenvalue weighted by atomic mass is 10.2. The predicted octanol–water partition coefficient (Wildman–Crippen LogP) is 0.917. The molecule has 0 N–H and O–H groups in total. The van der Waals surface area contributed by atoms with Crippen molar-refractivity contribution in [2.24, 2.45) is 0 Å². The number of sulfone groups is 1. The first-order valence-electron chi connectivity index (χ1n) is 3.06. The smallest absolute Gasteiger partial charge is 0.158 e. The maximum absolute atomic E-state index is 10.9. The summed E-state index contributed by atoms with van der Waals surface area (Å²) in [6, 6.07) is 0. The quantitative estimate of drug-likeness (QED) is 0.568. The van der Waals surface area contributed by atoms with E-state index in [0.29, 0.717) is 0 Å². The molecular weight excluding hydrogens is 148 g/mol. The van der Waals surface area contributed by atoms with Gasteiger partial charge in [-0.1, -0.05) is 18.2 Å². The molecule has 0 spiro atoms. The van der Waals surface area contributed by atoms with Crippen LogP contribution < -0.4 is 0 Å². The Bertz CT molecular complexity index is 283. The minimum absolute atomic E-state index is 0.183. The van der Waals surface area contributed by atoms with E-state index in [0.717, 1.165) is 11.1 Å². The molecule has 0 saturated carbocycles. The van der Waals surface area contributed by atoms with Gasteiger partial charge in [-0.15, -0.1) is 0 Å². The molecule has 0 aromatic rings. The Kier molecular flexibility index (Phi) is 1.68. The highest BCUT2D eigenvalue weighted by molar-refractivity contribution is 7.92. The van der Waals surface area contributed by atoms with Gasteiger partial charge in [0.1, 0.15) is 0 Å². The molecule has 2 nitrogen and oxygen atoms in total. The molecule has 0 fully saturated rings. The summed E-state index contributed by atoms with van der Waals surface area (Å²) >= 11 is 0. The molecule has 0 radical (unpaired) electrons. The number of hydrogen-bond donors (Lipinski definition) is 0. The van der Waals surface area contributed by atoms with Crippen LogP contribution >= 0.6 is 0 Å². The van der Waals surface area contributed by atoms with E-state index in [1.54, 1.807) is 6.08 Å². The highest BCUT2D eigenvalue weighted by atomic mass is 32.2. The Morgan fingerprint density at radius 1 is 1.50 bits per heavy atom. The Morgan fingerprint density at radius 2 is 2.10 bits per heavy atom.